The molecule has 172 valence electrons. The van der Waals surface area contributed by atoms with E-state index in [0.29, 0.717) is 22.3 Å². The first-order valence-electron chi connectivity index (χ1n) is 11.5. The molecule has 0 saturated carbocycles. The molecule has 2 heterocycles. The molecule has 0 spiro atoms. The molecule has 3 aromatic rings. The molecule has 1 amide bonds. The molecular formula is C28H26FN3OS. The topological polar surface area (TPSA) is 35.9 Å². The molecule has 0 aromatic heterocycles. The number of para-hydroxylation sites is 1. The van der Waals surface area contributed by atoms with Crippen molar-refractivity contribution in [2.45, 2.75) is 26.3 Å². The SMILES string of the molecule is Cc1cc(N2CCCC2)c(F)cc1C=C1SC(=Nc2ccccc2)N(Cc2ccccc2)C1=O. The van der Waals surface area contributed by atoms with Crippen LogP contribution in [0.1, 0.15) is 29.5 Å². The molecular weight excluding hydrogens is 445 g/mol. The molecule has 5 rings (SSSR count). The van der Waals surface area contributed by atoms with E-state index in [1.165, 1.54) is 11.8 Å². The molecule has 0 aliphatic carbocycles. The number of aliphatic imine (C=N–C) groups is 1. The van der Waals surface area contributed by atoms with Crippen LogP contribution in [0.3, 0.4) is 0 Å². The van der Waals surface area contributed by atoms with Gasteiger partial charge in [0.1, 0.15) is 5.82 Å². The predicted octanol–water partition coefficient (Wildman–Crippen LogP) is 6.54. The zero-order chi connectivity index (χ0) is 23.5. The first kappa shape index (κ1) is 22.4. The average Bonchev–Trinajstić information content (AvgIpc) is 3.48. The third kappa shape index (κ3) is 4.77. The van der Waals surface area contributed by atoms with E-state index >= 15 is 0 Å². The van der Waals surface area contributed by atoms with Crippen LogP contribution < -0.4 is 4.90 Å². The van der Waals surface area contributed by atoms with Crippen molar-refractivity contribution in [1.82, 2.24) is 4.90 Å². The number of carbonyl (C=O) groups excluding carboxylic acids is 1. The van der Waals surface area contributed by atoms with Gasteiger partial charge in [0.05, 0.1) is 22.8 Å². The van der Waals surface area contributed by atoms with Gasteiger partial charge >= 0.3 is 0 Å². The molecule has 0 radical (unpaired) electrons. The molecule has 2 aliphatic rings. The second-order valence-electron chi connectivity index (χ2n) is 8.57. The predicted molar refractivity (Wildman–Crippen MR) is 139 cm³/mol. The van der Waals surface area contributed by atoms with Gasteiger partial charge in [0, 0.05) is 13.1 Å². The summed E-state index contributed by atoms with van der Waals surface area (Å²) in [4.78, 5) is 22.5. The molecule has 0 bridgehead atoms. The van der Waals surface area contributed by atoms with Gasteiger partial charge in [-0.15, -0.1) is 0 Å². The lowest BCUT2D eigenvalue weighted by molar-refractivity contribution is -0.122. The third-order valence-electron chi connectivity index (χ3n) is 6.12. The highest BCUT2D eigenvalue weighted by molar-refractivity contribution is 8.18. The van der Waals surface area contributed by atoms with Gasteiger partial charge in [-0.1, -0.05) is 48.5 Å². The number of amidine groups is 1. The number of hydrogen-bond acceptors (Lipinski definition) is 4. The summed E-state index contributed by atoms with van der Waals surface area (Å²) in [5.74, 6) is -0.360. The fraction of sp³-hybridized carbons (Fsp3) is 0.214. The summed E-state index contributed by atoms with van der Waals surface area (Å²) < 4.78 is 15.0. The minimum absolute atomic E-state index is 0.119. The number of nitrogens with zero attached hydrogens (tertiary/aromatic N) is 3. The molecule has 6 heteroatoms. The lowest BCUT2D eigenvalue weighted by Crippen LogP contribution is -2.28. The lowest BCUT2D eigenvalue weighted by Gasteiger charge is -2.19. The zero-order valence-electron chi connectivity index (χ0n) is 19.1. The lowest BCUT2D eigenvalue weighted by atomic mass is 10.1. The number of amides is 1. The first-order chi connectivity index (χ1) is 16.6. The van der Waals surface area contributed by atoms with Gasteiger partial charge in [-0.05, 0) is 78.6 Å². The molecule has 0 atom stereocenters. The van der Waals surface area contributed by atoms with Gasteiger partial charge in [-0.3, -0.25) is 9.69 Å². The summed E-state index contributed by atoms with van der Waals surface area (Å²) in [6.45, 7) is 4.17. The van der Waals surface area contributed by atoms with E-state index in [1.807, 2.05) is 73.7 Å². The van der Waals surface area contributed by atoms with Crippen LogP contribution in [0.15, 0.2) is 82.7 Å². The number of halogens is 1. The number of thioether (sulfide) groups is 1. The Labute approximate surface area is 203 Å². The van der Waals surface area contributed by atoms with Gasteiger partial charge in [0.2, 0.25) is 0 Å². The van der Waals surface area contributed by atoms with Crippen LogP contribution in [0.4, 0.5) is 15.8 Å². The molecule has 2 aliphatic heterocycles. The normalized spacial score (nSPS) is 18.5. The van der Waals surface area contributed by atoms with Crippen LogP contribution in [-0.2, 0) is 11.3 Å². The maximum atomic E-state index is 15.0. The van der Waals surface area contributed by atoms with E-state index in [4.69, 9.17) is 4.99 Å². The van der Waals surface area contributed by atoms with Crippen LogP contribution in [0, 0.1) is 12.7 Å². The Morgan fingerprint density at radius 2 is 1.68 bits per heavy atom. The van der Waals surface area contributed by atoms with Gasteiger partial charge in [0.15, 0.2) is 5.17 Å². The standard InChI is InChI=1S/C28H26FN3OS/c1-20-16-25(31-14-8-9-15-31)24(29)17-22(20)18-26-27(33)32(19-21-10-4-2-5-11-21)28(34-26)30-23-12-6-3-7-13-23/h2-7,10-13,16-18H,8-9,14-15,19H2,1H3. The van der Waals surface area contributed by atoms with Gasteiger partial charge in [-0.25, -0.2) is 9.38 Å². The summed E-state index contributed by atoms with van der Waals surface area (Å²) in [5, 5.41) is 0.623. The number of aryl methyl sites for hydroxylation is 1. The van der Waals surface area contributed by atoms with E-state index in [-0.39, 0.29) is 11.7 Å². The molecule has 0 unspecified atom stereocenters. The van der Waals surface area contributed by atoms with E-state index in [9.17, 15) is 9.18 Å². The van der Waals surface area contributed by atoms with E-state index in [1.54, 1.807) is 17.0 Å². The van der Waals surface area contributed by atoms with Crippen molar-refractivity contribution < 1.29 is 9.18 Å². The highest BCUT2D eigenvalue weighted by Crippen LogP contribution is 2.36. The Balaban J connectivity index is 1.48. The van der Waals surface area contributed by atoms with Crippen LogP contribution in [-0.4, -0.2) is 29.1 Å². The highest BCUT2D eigenvalue weighted by Gasteiger charge is 2.33. The number of benzene rings is 3. The van der Waals surface area contributed by atoms with Crippen LogP contribution in [0.2, 0.25) is 0 Å². The number of rotatable bonds is 5. The summed E-state index contributed by atoms with van der Waals surface area (Å²) in [6, 6.07) is 22.9. The van der Waals surface area contributed by atoms with Gasteiger partial charge < -0.3 is 4.90 Å². The van der Waals surface area contributed by atoms with E-state index in [2.05, 4.69) is 4.90 Å². The van der Waals surface area contributed by atoms with Crippen molar-refractivity contribution in [3.8, 4) is 0 Å². The van der Waals surface area contributed by atoms with Gasteiger partial charge in [0.25, 0.3) is 5.91 Å². The Bertz CT molecular complexity index is 1250. The van der Waals surface area contributed by atoms with Crippen molar-refractivity contribution in [2.75, 3.05) is 18.0 Å². The largest absolute Gasteiger partial charge is 0.369 e. The zero-order valence-corrected chi connectivity index (χ0v) is 19.9. The fourth-order valence-corrected chi connectivity index (χ4v) is 5.28. The monoisotopic (exact) mass is 471 g/mol. The molecule has 0 N–H and O–H groups in total. The number of carbonyl (C=O) groups is 1. The van der Waals surface area contributed by atoms with Crippen molar-refractivity contribution in [3.63, 3.8) is 0 Å². The maximum Gasteiger partial charge on any atom is 0.267 e. The summed E-state index contributed by atoms with van der Waals surface area (Å²) in [7, 11) is 0. The second-order valence-corrected chi connectivity index (χ2v) is 9.58. The minimum Gasteiger partial charge on any atom is -0.369 e. The molecule has 3 aromatic carbocycles. The van der Waals surface area contributed by atoms with E-state index in [0.717, 1.165) is 48.3 Å². The van der Waals surface area contributed by atoms with Crippen molar-refractivity contribution in [1.29, 1.82) is 0 Å². The second kappa shape index (κ2) is 9.85. The van der Waals surface area contributed by atoms with Crippen molar-refractivity contribution in [3.05, 3.63) is 100 Å². The molecule has 4 nitrogen and oxygen atoms in total. The van der Waals surface area contributed by atoms with Crippen molar-refractivity contribution in [2.24, 2.45) is 4.99 Å². The number of anilines is 1. The first-order valence-corrected chi connectivity index (χ1v) is 12.3. The Morgan fingerprint density at radius 1 is 1.00 bits per heavy atom. The summed E-state index contributed by atoms with van der Waals surface area (Å²) in [6.07, 6.45) is 3.98. The number of hydrogen-bond donors (Lipinski definition) is 0. The summed E-state index contributed by atoms with van der Waals surface area (Å²) in [5.41, 5.74) is 4.13. The smallest absolute Gasteiger partial charge is 0.267 e. The highest BCUT2D eigenvalue weighted by atomic mass is 32.2. The summed E-state index contributed by atoms with van der Waals surface area (Å²) >= 11 is 1.33. The van der Waals surface area contributed by atoms with Crippen LogP contribution >= 0.6 is 11.8 Å². The maximum absolute atomic E-state index is 15.0. The Morgan fingerprint density at radius 3 is 2.38 bits per heavy atom. The van der Waals surface area contributed by atoms with Crippen LogP contribution in [0.25, 0.3) is 6.08 Å². The quantitative estimate of drug-likeness (QED) is 0.397. The van der Waals surface area contributed by atoms with Crippen LogP contribution in [0.5, 0.6) is 0 Å². The molecule has 2 saturated heterocycles. The molecule has 34 heavy (non-hydrogen) atoms. The molecule has 2 fully saturated rings. The van der Waals surface area contributed by atoms with E-state index < -0.39 is 0 Å². The minimum atomic E-state index is -0.242. The van der Waals surface area contributed by atoms with Gasteiger partial charge in [-0.2, -0.15) is 0 Å². The third-order valence-corrected chi connectivity index (χ3v) is 7.13. The Hall–Kier alpha value is -3.38. The Kier molecular flexibility index (Phi) is 6.50. The average molecular weight is 472 g/mol. The van der Waals surface area contributed by atoms with Crippen molar-refractivity contribution >= 4 is 40.3 Å². The fourth-order valence-electron chi connectivity index (χ4n) is 4.29.